The van der Waals surface area contributed by atoms with Crippen molar-refractivity contribution in [2.24, 2.45) is 0 Å². The van der Waals surface area contributed by atoms with Gasteiger partial charge in [0.05, 0.1) is 12.1 Å². The lowest BCUT2D eigenvalue weighted by molar-refractivity contribution is -0.136. The van der Waals surface area contributed by atoms with Crippen molar-refractivity contribution in [3.8, 4) is 0 Å². The minimum absolute atomic E-state index is 0.174. The summed E-state index contributed by atoms with van der Waals surface area (Å²) in [7, 11) is 0. The van der Waals surface area contributed by atoms with Gasteiger partial charge >= 0.3 is 11.7 Å². The van der Waals surface area contributed by atoms with Gasteiger partial charge in [0.2, 0.25) is 0 Å². The number of carbonyl (C=O) groups excluding carboxylic acids is 1. The van der Waals surface area contributed by atoms with Crippen LogP contribution in [-0.4, -0.2) is 31.9 Å². The molecule has 20 heavy (non-hydrogen) atoms. The second kappa shape index (κ2) is 5.48. The summed E-state index contributed by atoms with van der Waals surface area (Å²) in [4.78, 5) is 52.3. The number of carboxylic acid groups (broad SMARTS) is 1. The van der Waals surface area contributed by atoms with Gasteiger partial charge in [-0.25, -0.2) is 9.78 Å². The zero-order valence-electron chi connectivity index (χ0n) is 9.80. The van der Waals surface area contributed by atoms with Crippen molar-refractivity contribution >= 4 is 28.3 Å². The lowest BCUT2D eigenvalue weighted by Gasteiger charge is -2.00. The molecule has 0 bridgehead atoms. The summed E-state index contributed by atoms with van der Waals surface area (Å²) in [5, 5.41) is 12.6. The van der Waals surface area contributed by atoms with E-state index in [9.17, 15) is 19.2 Å². The molecule has 0 saturated heterocycles. The predicted octanol–water partition coefficient (Wildman–Crippen LogP) is -0.601. The average molecular weight is 296 g/mol. The first-order chi connectivity index (χ1) is 9.44. The standard InChI is InChI=1S/C10H8N4O5S/c15-6-2-5(12-9(19)13-6)8(18)14-10-11-4(3-20-10)1-7(16)17/h2-3H,1H2,(H,16,17)(H,11,14,18)(H2,12,13,15,19). The molecule has 0 spiro atoms. The number of H-pyrrole nitrogens is 2. The second-order valence-corrected chi connectivity index (χ2v) is 4.53. The zero-order chi connectivity index (χ0) is 14.7. The molecule has 104 valence electrons. The molecule has 0 radical (unpaired) electrons. The monoisotopic (exact) mass is 296 g/mol. The van der Waals surface area contributed by atoms with E-state index in [0.29, 0.717) is 5.69 Å². The molecule has 0 aliphatic carbocycles. The summed E-state index contributed by atoms with van der Waals surface area (Å²) in [5.41, 5.74) is -1.41. The Hall–Kier alpha value is -2.75. The lowest BCUT2D eigenvalue weighted by Crippen LogP contribution is -2.27. The smallest absolute Gasteiger partial charge is 0.326 e. The molecule has 2 aromatic rings. The maximum atomic E-state index is 11.8. The first-order valence-electron chi connectivity index (χ1n) is 5.25. The van der Waals surface area contributed by atoms with Crippen LogP contribution in [0.4, 0.5) is 5.13 Å². The molecule has 2 heterocycles. The van der Waals surface area contributed by atoms with Gasteiger partial charge in [-0.2, -0.15) is 0 Å². The fourth-order valence-electron chi connectivity index (χ4n) is 1.36. The molecule has 0 fully saturated rings. The Kier molecular flexibility index (Phi) is 3.75. The third kappa shape index (κ3) is 3.38. The van der Waals surface area contributed by atoms with Crippen molar-refractivity contribution in [2.45, 2.75) is 6.42 Å². The van der Waals surface area contributed by atoms with Crippen LogP contribution in [0.25, 0.3) is 0 Å². The first kappa shape index (κ1) is 13.7. The van der Waals surface area contributed by atoms with E-state index in [-0.39, 0.29) is 17.2 Å². The summed E-state index contributed by atoms with van der Waals surface area (Å²) in [6.07, 6.45) is -0.256. The number of aliphatic carboxylic acids is 1. The fourth-order valence-corrected chi connectivity index (χ4v) is 2.06. The Morgan fingerprint density at radius 3 is 2.75 bits per heavy atom. The molecule has 0 unspecified atom stereocenters. The summed E-state index contributed by atoms with van der Waals surface area (Å²) in [5.74, 6) is -1.75. The van der Waals surface area contributed by atoms with E-state index in [4.69, 9.17) is 5.11 Å². The quantitative estimate of drug-likeness (QED) is 0.592. The van der Waals surface area contributed by atoms with Crippen LogP contribution in [0.15, 0.2) is 21.0 Å². The number of carboxylic acids is 1. The molecule has 1 amide bonds. The van der Waals surface area contributed by atoms with Crippen molar-refractivity contribution in [3.05, 3.63) is 43.7 Å². The molecular weight excluding hydrogens is 288 g/mol. The molecule has 2 rings (SSSR count). The summed E-state index contributed by atoms with van der Waals surface area (Å²) in [6.45, 7) is 0. The Morgan fingerprint density at radius 2 is 2.10 bits per heavy atom. The third-order valence-electron chi connectivity index (χ3n) is 2.11. The van der Waals surface area contributed by atoms with Crippen LogP contribution in [0, 0.1) is 0 Å². The first-order valence-corrected chi connectivity index (χ1v) is 6.13. The Balaban J connectivity index is 2.15. The number of carbonyl (C=O) groups is 2. The highest BCUT2D eigenvalue weighted by atomic mass is 32.1. The van der Waals surface area contributed by atoms with Gasteiger partial charge in [0, 0.05) is 11.4 Å². The van der Waals surface area contributed by atoms with Gasteiger partial charge in [-0.1, -0.05) is 0 Å². The van der Waals surface area contributed by atoms with Gasteiger partial charge in [0.25, 0.3) is 11.5 Å². The highest BCUT2D eigenvalue weighted by Crippen LogP contribution is 2.16. The molecule has 0 atom stereocenters. The molecule has 0 saturated carbocycles. The predicted molar refractivity (Wildman–Crippen MR) is 69.1 cm³/mol. The third-order valence-corrected chi connectivity index (χ3v) is 2.92. The topological polar surface area (TPSA) is 145 Å². The van der Waals surface area contributed by atoms with E-state index < -0.39 is 23.1 Å². The minimum Gasteiger partial charge on any atom is -0.481 e. The van der Waals surface area contributed by atoms with Gasteiger partial charge in [-0.3, -0.25) is 24.7 Å². The van der Waals surface area contributed by atoms with Gasteiger partial charge < -0.3 is 10.1 Å². The van der Waals surface area contributed by atoms with Crippen molar-refractivity contribution in [1.82, 2.24) is 15.0 Å². The molecule has 9 nitrogen and oxygen atoms in total. The maximum absolute atomic E-state index is 11.8. The van der Waals surface area contributed by atoms with Crippen molar-refractivity contribution < 1.29 is 14.7 Å². The Morgan fingerprint density at radius 1 is 1.35 bits per heavy atom. The number of amides is 1. The van der Waals surface area contributed by atoms with E-state index in [0.717, 1.165) is 17.4 Å². The van der Waals surface area contributed by atoms with E-state index in [2.05, 4.69) is 15.3 Å². The molecule has 0 aromatic carbocycles. The van der Waals surface area contributed by atoms with E-state index in [1.165, 1.54) is 5.38 Å². The average Bonchev–Trinajstić information content (AvgIpc) is 2.74. The Labute approximate surface area is 114 Å². The number of aromatic nitrogens is 3. The van der Waals surface area contributed by atoms with E-state index in [1.807, 2.05) is 4.98 Å². The number of nitrogens with zero attached hydrogens (tertiary/aromatic N) is 1. The minimum atomic E-state index is -1.04. The maximum Gasteiger partial charge on any atom is 0.326 e. The number of thiazole rings is 1. The SMILES string of the molecule is O=C(O)Cc1csc(NC(=O)c2cc(=O)[nH]c(=O)[nH]2)n1. The summed E-state index contributed by atoms with van der Waals surface area (Å²) >= 11 is 1.04. The number of anilines is 1. The van der Waals surface area contributed by atoms with Gasteiger partial charge in [0.15, 0.2) is 5.13 Å². The normalized spacial score (nSPS) is 10.2. The van der Waals surface area contributed by atoms with E-state index >= 15 is 0 Å². The highest BCUT2D eigenvalue weighted by Gasteiger charge is 2.12. The number of hydrogen-bond acceptors (Lipinski definition) is 6. The number of aromatic amines is 2. The highest BCUT2D eigenvalue weighted by molar-refractivity contribution is 7.14. The summed E-state index contributed by atoms with van der Waals surface area (Å²) < 4.78 is 0. The Bertz CT molecular complexity index is 746. The van der Waals surface area contributed by atoms with Gasteiger partial charge in [-0.05, 0) is 0 Å². The largest absolute Gasteiger partial charge is 0.481 e. The molecule has 10 heteroatoms. The van der Waals surface area contributed by atoms with Crippen LogP contribution in [0.3, 0.4) is 0 Å². The fraction of sp³-hybridized carbons (Fsp3) is 0.100. The van der Waals surface area contributed by atoms with Gasteiger partial charge in [-0.15, -0.1) is 11.3 Å². The zero-order valence-corrected chi connectivity index (χ0v) is 10.6. The van der Waals surface area contributed by atoms with Crippen LogP contribution in [-0.2, 0) is 11.2 Å². The number of hydrogen-bond donors (Lipinski definition) is 4. The summed E-state index contributed by atoms with van der Waals surface area (Å²) in [6, 6.07) is 0.933. The molecule has 4 N–H and O–H groups in total. The van der Waals surface area contributed by atoms with E-state index in [1.54, 1.807) is 0 Å². The lowest BCUT2D eigenvalue weighted by atomic mass is 10.3. The van der Waals surface area contributed by atoms with Crippen LogP contribution in [0.1, 0.15) is 16.2 Å². The van der Waals surface area contributed by atoms with Crippen LogP contribution in [0.2, 0.25) is 0 Å². The second-order valence-electron chi connectivity index (χ2n) is 3.67. The molecule has 0 aliphatic heterocycles. The van der Waals surface area contributed by atoms with Crippen molar-refractivity contribution in [1.29, 1.82) is 0 Å². The van der Waals surface area contributed by atoms with Gasteiger partial charge in [0.1, 0.15) is 5.69 Å². The number of nitrogens with one attached hydrogen (secondary N) is 3. The molecule has 0 aliphatic rings. The van der Waals surface area contributed by atoms with Crippen LogP contribution >= 0.6 is 11.3 Å². The number of rotatable bonds is 4. The van der Waals surface area contributed by atoms with Crippen molar-refractivity contribution in [3.63, 3.8) is 0 Å². The van der Waals surface area contributed by atoms with Crippen LogP contribution < -0.4 is 16.6 Å². The molecule has 2 aromatic heterocycles. The van der Waals surface area contributed by atoms with Crippen LogP contribution in [0.5, 0.6) is 0 Å². The molecular formula is C10H8N4O5S. The van der Waals surface area contributed by atoms with Crippen molar-refractivity contribution in [2.75, 3.05) is 5.32 Å².